The fourth-order valence-electron chi connectivity index (χ4n) is 0.303. The summed E-state index contributed by atoms with van der Waals surface area (Å²) in [4.78, 5) is 16.1. The van der Waals surface area contributed by atoms with Crippen molar-refractivity contribution >= 4 is 0 Å². The van der Waals surface area contributed by atoms with Gasteiger partial charge in [-0.25, -0.2) is 4.98 Å². The number of hydrogen-bond acceptors (Lipinski definition) is 2. The van der Waals surface area contributed by atoms with Crippen molar-refractivity contribution in [2.75, 3.05) is 0 Å². The molecule has 0 saturated heterocycles. The summed E-state index contributed by atoms with van der Waals surface area (Å²) < 4.78 is 0. The van der Waals surface area contributed by atoms with E-state index >= 15 is 0 Å². The Hall–Kier alpha value is -1.12. The molecule has 0 amide bonds. The van der Waals surface area contributed by atoms with Gasteiger partial charge in [0.15, 0.2) is 0 Å². The molecule has 0 fully saturated rings. The predicted octanol–water partition coefficient (Wildman–Crippen LogP) is 0.0159. The van der Waals surface area contributed by atoms with E-state index in [-0.39, 0.29) is 6.99 Å². The third-order valence-corrected chi connectivity index (χ3v) is 0.593. The van der Waals surface area contributed by atoms with Crippen molar-refractivity contribution < 1.29 is 1.43 Å². The number of H-pyrrole nitrogens is 1. The lowest BCUT2D eigenvalue weighted by molar-refractivity contribution is 1.12. The molecule has 1 N–H and O–H groups in total. The highest BCUT2D eigenvalue weighted by molar-refractivity contribution is 4.76. The largest absolute Gasteiger partial charge is 0.313 e. The van der Waals surface area contributed by atoms with Gasteiger partial charge in [0.1, 0.15) is 0 Å². The molecule has 0 spiro atoms. The van der Waals surface area contributed by atoms with E-state index in [2.05, 4.69) is 9.97 Å². The maximum absolute atomic E-state index is 10.2. The van der Waals surface area contributed by atoms with Crippen molar-refractivity contribution in [3.63, 3.8) is 0 Å². The van der Waals surface area contributed by atoms with Crippen molar-refractivity contribution in [2.45, 2.75) is 0 Å². The molecule has 0 bridgehead atoms. The minimum atomic E-state index is -0.116. The Bertz CT molecular complexity index is 180. The summed E-state index contributed by atoms with van der Waals surface area (Å²) >= 11 is 0. The quantitative estimate of drug-likeness (QED) is 0.497. The molecule has 0 radical (unpaired) electrons. The molecule has 0 aliphatic rings. The SMILES string of the molecule is O=c1ccnc[nH]1.[HH]. The molecule has 1 aromatic heterocycles. The Labute approximate surface area is 41.5 Å². The number of aromatic amines is 1. The van der Waals surface area contributed by atoms with Gasteiger partial charge in [-0.1, -0.05) is 0 Å². The van der Waals surface area contributed by atoms with Crippen LogP contribution in [0.25, 0.3) is 0 Å². The van der Waals surface area contributed by atoms with Gasteiger partial charge in [-0.15, -0.1) is 0 Å². The standard InChI is InChI=1S/C4H4N2O.H2/c7-4-1-2-5-3-6-4;/h1-3H,(H,5,6,7);1H. The summed E-state index contributed by atoms with van der Waals surface area (Å²) in [7, 11) is 0. The van der Waals surface area contributed by atoms with Gasteiger partial charge in [0, 0.05) is 13.7 Å². The fourth-order valence-corrected chi connectivity index (χ4v) is 0.303. The van der Waals surface area contributed by atoms with Crippen LogP contribution in [0.3, 0.4) is 0 Å². The topological polar surface area (TPSA) is 45.8 Å². The highest BCUT2D eigenvalue weighted by Gasteiger charge is 1.70. The van der Waals surface area contributed by atoms with Crippen LogP contribution in [0.4, 0.5) is 0 Å². The first-order valence-electron chi connectivity index (χ1n) is 1.88. The number of aromatic nitrogens is 2. The maximum Gasteiger partial charge on any atom is 0.250 e. The molecular formula is C4H6N2O. The van der Waals surface area contributed by atoms with E-state index in [1.807, 2.05) is 0 Å². The van der Waals surface area contributed by atoms with Gasteiger partial charge in [0.05, 0.1) is 6.33 Å². The highest BCUT2D eigenvalue weighted by atomic mass is 16.1. The molecule has 0 saturated carbocycles. The van der Waals surface area contributed by atoms with Crippen LogP contribution >= 0.6 is 0 Å². The second-order valence-electron chi connectivity index (χ2n) is 1.10. The monoisotopic (exact) mass is 98.0 g/mol. The molecular weight excluding hydrogens is 92.1 g/mol. The van der Waals surface area contributed by atoms with Crippen LogP contribution in [0.2, 0.25) is 0 Å². The summed E-state index contributed by atoms with van der Waals surface area (Å²) in [6.45, 7) is 0. The molecule has 0 unspecified atom stereocenters. The van der Waals surface area contributed by atoms with Crippen molar-refractivity contribution in [3.8, 4) is 0 Å². The molecule has 1 heterocycles. The Kier molecular flexibility index (Phi) is 0.898. The first-order valence-corrected chi connectivity index (χ1v) is 1.88. The smallest absolute Gasteiger partial charge is 0.250 e. The lowest BCUT2D eigenvalue weighted by Gasteiger charge is -1.73. The van der Waals surface area contributed by atoms with Crippen LogP contribution in [0.1, 0.15) is 1.43 Å². The van der Waals surface area contributed by atoms with E-state index in [0.717, 1.165) is 0 Å². The second-order valence-corrected chi connectivity index (χ2v) is 1.10. The Balaban J connectivity index is 0.000000490. The Morgan fingerprint density at radius 1 is 1.86 bits per heavy atom. The lowest BCUT2D eigenvalue weighted by Crippen LogP contribution is -2.00. The summed E-state index contributed by atoms with van der Waals surface area (Å²) in [5.74, 6) is 0. The van der Waals surface area contributed by atoms with Gasteiger partial charge < -0.3 is 4.98 Å². The van der Waals surface area contributed by atoms with Gasteiger partial charge in [0.2, 0.25) is 0 Å². The maximum atomic E-state index is 10.2. The Morgan fingerprint density at radius 3 is 3.00 bits per heavy atom. The average Bonchev–Trinajstić information content (AvgIpc) is 1.69. The van der Waals surface area contributed by atoms with Gasteiger partial charge in [-0.05, 0) is 0 Å². The summed E-state index contributed by atoms with van der Waals surface area (Å²) in [5.41, 5.74) is -0.116. The van der Waals surface area contributed by atoms with E-state index in [4.69, 9.17) is 0 Å². The zero-order valence-electron chi connectivity index (χ0n) is 3.59. The number of hydrogen-bond donors (Lipinski definition) is 1. The molecule has 3 nitrogen and oxygen atoms in total. The minimum absolute atomic E-state index is 0. The molecule has 7 heavy (non-hydrogen) atoms. The first-order chi connectivity index (χ1) is 3.39. The Morgan fingerprint density at radius 2 is 2.71 bits per heavy atom. The van der Waals surface area contributed by atoms with Gasteiger partial charge in [-0.2, -0.15) is 0 Å². The van der Waals surface area contributed by atoms with Gasteiger partial charge in [-0.3, -0.25) is 4.79 Å². The van der Waals surface area contributed by atoms with E-state index in [1.165, 1.54) is 18.6 Å². The molecule has 0 atom stereocenters. The highest BCUT2D eigenvalue weighted by Crippen LogP contribution is 1.57. The number of nitrogens with one attached hydrogen (secondary N) is 1. The average molecular weight is 98.1 g/mol. The van der Waals surface area contributed by atoms with Crippen LogP contribution in [-0.2, 0) is 0 Å². The summed E-state index contributed by atoms with van der Waals surface area (Å²) in [6, 6.07) is 1.36. The summed E-state index contributed by atoms with van der Waals surface area (Å²) in [5, 5.41) is 0. The van der Waals surface area contributed by atoms with Crippen molar-refractivity contribution in [2.24, 2.45) is 0 Å². The predicted molar refractivity (Wildman–Crippen MR) is 27.0 cm³/mol. The molecule has 0 aromatic carbocycles. The molecule has 3 heteroatoms. The van der Waals surface area contributed by atoms with Crippen molar-refractivity contribution in [3.05, 3.63) is 28.9 Å². The first kappa shape index (κ1) is 4.05. The second kappa shape index (κ2) is 1.55. The van der Waals surface area contributed by atoms with Crippen LogP contribution < -0.4 is 5.56 Å². The molecule has 38 valence electrons. The molecule has 0 aliphatic heterocycles. The van der Waals surface area contributed by atoms with Crippen LogP contribution in [0, 0.1) is 0 Å². The van der Waals surface area contributed by atoms with Crippen LogP contribution in [-0.4, -0.2) is 9.97 Å². The zero-order chi connectivity index (χ0) is 5.11. The van der Waals surface area contributed by atoms with Crippen molar-refractivity contribution in [1.29, 1.82) is 0 Å². The van der Waals surface area contributed by atoms with Crippen molar-refractivity contribution in [1.82, 2.24) is 9.97 Å². The third kappa shape index (κ3) is 0.855. The van der Waals surface area contributed by atoms with E-state index in [1.54, 1.807) is 0 Å². The number of rotatable bonds is 0. The molecule has 0 aliphatic carbocycles. The van der Waals surface area contributed by atoms with Crippen LogP contribution in [0.5, 0.6) is 0 Å². The van der Waals surface area contributed by atoms with Gasteiger partial charge in [0.25, 0.3) is 5.56 Å². The third-order valence-electron chi connectivity index (χ3n) is 0.593. The minimum Gasteiger partial charge on any atom is -0.313 e. The van der Waals surface area contributed by atoms with E-state index in [9.17, 15) is 4.79 Å². The van der Waals surface area contributed by atoms with E-state index < -0.39 is 0 Å². The fraction of sp³-hybridized carbons (Fsp3) is 0. The molecule has 1 rings (SSSR count). The number of nitrogens with zero attached hydrogens (tertiary/aromatic N) is 1. The normalized spacial score (nSPS) is 8.57. The van der Waals surface area contributed by atoms with E-state index in [0.29, 0.717) is 0 Å². The zero-order valence-corrected chi connectivity index (χ0v) is 3.59. The molecule has 1 aromatic rings. The summed E-state index contributed by atoms with van der Waals surface area (Å²) in [6.07, 6.45) is 2.79. The van der Waals surface area contributed by atoms with Gasteiger partial charge >= 0.3 is 0 Å². The van der Waals surface area contributed by atoms with Crippen LogP contribution in [0.15, 0.2) is 23.4 Å². The lowest BCUT2D eigenvalue weighted by atomic mass is 10.7.